The van der Waals surface area contributed by atoms with Crippen molar-refractivity contribution in [3.8, 4) is 5.69 Å². The molecular weight excluding hydrogens is 440 g/mol. The Balaban J connectivity index is 1.52. The Bertz CT molecular complexity index is 1130. The number of para-hydroxylation sites is 1. The Morgan fingerprint density at radius 2 is 1.97 bits per heavy atom. The molecule has 0 spiro atoms. The van der Waals surface area contributed by atoms with Gasteiger partial charge in [0.2, 0.25) is 0 Å². The summed E-state index contributed by atoms with van der Waals surface area (Å²) in [5.41, 5.74) is 2.46. The van der Waals surface area contributed by atoms with Crippen molar-refractivity contribution in [2.24, 2.45) is 0 Å². The number of rotatable bonds is 8. The minimum absolute atomic E-state index is 0.0599. The van der Waals surface area contributed by atoms with Crippen molar-refractivity contribution < 1.29 is 19.1 Å². The van der Waals surface area contributed by atoms with Gasteiger partial charge in [0.05, 0.1) is 17.1 Å². The number of ketones is 1. The second kappa shape index (κ2) is 10.2. The van der Waals surface area contributed by atoms with E-state index >= 15 is 0 Å². The van der Waals surface area contributed by atoms with Gasteiger partial charge in [0.25, 0.3) is 5.91 Å². The van der Waals surface area contributed by atoms with E-state index in [1.165, 1.54) is 13.3 Å². The van der Waals surface area contributed by atoms with Gasteiger partial charge in [-0.3, -0.25) is 19.0 Å². The van der Waals surface area contributed by atoms with Crippen molar-refractivity contribution in [1.82, 2.24) is 14.8 Å². The average Bonchev–Trinajstić information content (AvgIpc) is 3.21. The quantitative estimate of drug-likeness (QED) is 0.312. The van der Waals surface area contributed by atoms with Crippen LogP contribution in [0, 0.1) is 6.92 Å². The third-order valence-electron chi connectivity index (χ3n) is 4.21. The van der Waals surface area contributed by atoms with Crippen molar-refractivity contribution in [2.75, 3.05) is 17.7 Å². The predicted octanol–water partition coefficient (Wildman–Crippen LogP) is 3.71. The summed E-state index contributed by atoms with van der Waals surface area (Å²) in [6.45, 7) is 2.84. The van der Waals surface area contributed by atoms with Gasteiger partial charge in [-0.05, 0) is 43.7 Å². The number of hydrogen-bond acceptors (Lipinski definition) is 7. The minimum Gasteiger partial charge on any atom is -0.455 e. The third-order valence-corrected chi connectivity index (χ3v) is 5.54. The second-order valence-corrected chi connectivity index (χ2v) is 7.87. The van der Waals surface area contributed by atoms with Crippen LogP contribution in [0.25, 0.3) is 5.69 Å². The molecule has 0 saturated heterocycles. The Kier molecular flexibility index (Phi) is 7.43. The summed E-state index contributed by atoms with van der Waals surface area (Å²) < 4.78 is 6.72. The predicted molar refractivity (Wildman–Crippen MR) is 118 cm³/mol. The molecule has 1 amide bonds. The number of nitrogens with one attached hydrogen (secondary N) is 1. The first-order chi connectivity index (χ1) is 14.8. The van der Waals surface area contributed by atoms with Gasteiger partial charge in [0.15, 0.2) is 17.5 Å². The third kappa shape index (κ3) is 5.93. The fraction of sp³-hybridized carbons (Fsp3) is 0.190. The maximum Gasteiger partial charge on any atom is 0.316 e. The molecule has 0 radical (unpaired) electrons. The van der Waals surface area contributed by atoms with Gasteiger partial charge in [-0.25, -0.2) is 0 Å². The van der Waals surface area contributed by atoms with Crippen LogP contribution in [0.3, 0.4) is 0 Å². The van der Waals surface area contributed by atoms with E-state index in [-0.39, 0.29) is 11.5 Å². The number of anilines is 1. The number of thioether (sulfide) groups is 1. The van der Waals surface area contributed by atoms with Crippen molar-refractivity contribution in [3.63, 3.8) is 0 Å². The highest BCUT2D eigenvalue weighted by Gasteiger charge is 2.14. The first-order valence-corrected chi connectivity index (χ1v) is 10.6. The normalized spacial score (nSPS) is 10.5. The lowest BCUT2D eigenvalue weighted by molar-refractivity contribution is -0.144. The molecule has 1 N–H and O–H groups in total. The van der Waals surface area contributed by atoms with Crippen LogP contribution in [-0.4, -0.2) is 44.8 Å². The van der Waals surface area contributed by atoms with E-state index in [4.69, 9.17) is 16.3 Å². The van der Waals surface area contributed by atoms with E-state index in [0.29, 0.717) is 21.4 Å². The number of carbonyl (C=O) groups is 3. The van der Waals surface area contributed by atoms with Gasteiger partial charge >= 0.3 is 5.97 Å². The van der Waals surface area contributed by atoms with Crippen molar-refractivity contribution in [2.45, 2.75) is 19.0 Å². The summed E-state index contributed by atoms with van der Waals surface area (Å²) in [4.78, 5) is 35.8. The molecule has 0 fully saturated rings. The summed E-state index contributed by atoms with van der Waals surface area (Å²) in [6, 6.07) is 12.1. The van der Waals surface area contributed by atoms with Crippen molar-refractivity contribution >= 4 is 46.7 Å². The van der Waals surface area contributed by atoms with E-state index in [0.717, 1.165) is 23.0 Å². The number of halogens is 1. The molecule has 0 bridgehead atoms. The molecule has 160 valence electrons. The highest BCUT2D eigenvalue weighted by atomic mass is 35.5. The number of amides is 1. The van der Waals surface area contributed by atoms with Crippen molar-refractivity contribution in [3.05, 3.63) is 64.9 Å². The van der Waals surface area contributed by atoms with Crippen LogP contribution >= 0.6 is 23.4 Å². The van der Waals surface area contributed by atoms with E-state index in [9.17, 15) is 14.4 Å². The maximum atomic E-state index is 12.1. The van der Waals surface area contributed by atoms with Crippen LogP contribution in [-0.2, 0) is 14.3 Å². The highest BCUT2D eigenvalue weighted by Crippen LogP contribution is 2.24. The molecule has 1 aromatic heterocycles. The number of Topliss-reactive ketones (excluding diaryl/α,β-unsaturated/α-hetero) is 1. The zero-order chi connectivity index (χ0) is 22.4. The van der Waals surface area contributed by atoms with E-state index in [1.54, 1.807) is 34.9 Å². The molecular formula is C21H19ClN4O4S. The number of benzene rings is 2. The van der Waals surface area contributed by atoms with Crippen LogP contribution in [0.15, 0.2) is 53.9 Å². The lowest BCUT2D eigenvalue weighted by Gasteiger charge is -2.10. The molecule has 0 aliphatic carbocycles. The van der Waals surface area contributed by atoms with E-state index in [1.807, 2.05) is 19.1 Å². The smallest absolute Gasteiger partial charge is 0.316 e. The zero-order valence-corrected chi connectivity index (χ0v) is 18.4. The molecule has 3 rings (SSSR count). The molecule has 0 aliphatic rings. The first-order valence-electron chi connectivity index (χ1n) is 9.20. The number of carbonyl (C=O) groups excluding carboxylic acids is 3. The number of aromatic nitrogens is 3. The fourth-order valence-corrected chi connectivity index (χ4v) is 3.53. The van der Waals surface area contributed by atoms with Crippen LogP contribution in [0.2, 0.25) is 5.02 Å². The topological polar surface area (TPSA) is 103 Å². The summed E-state index contributed by atoms with van der Waals surface area (Å²) in [7, 11) is 0. The number of ether oxygens (including phenoxy) is 1. The molecule has 0 atom stereocenters. The fourth-order valence-electron chi connectivity index (χ4n) is 2.63. The molecule has 0 aliphatic heterocycles. The van der Waals surface area contributed by atoms with Gasteiger partial charge in [0, 0.05) is 10.6 Å². The average molecular weight is 459 g/mol. The maximum absolute atomic E-state index is 12.1. The molecule has 10 heteroatoms. The standard InChI is InChI=1S/C21H19ClN4O4S/c1-13-7-8-15(9-17(13)22)26-12-23-25-21(26)31-11-20(29)30-10-19(28)24-18-6-4-3-5-16(18)14(2)27/h3-9,12H,10-11H2,1-2H3,(H,24,28). The zero-order valence-electron chi connectivity index (χ0n) is 16.8. The second-order valence-electron chi connectivity index (χ2n) is 6.52. The molecule has 0 unspecified atom stereocenters. The number of hydrogen-bond donors (Lipinski definition) is 1. The minimum atomic E-state index is -0.587. The number of esters is 1. The van der Waals surface area contributed by atoms with Gasteiger partial charge in [0.1, 0.15) is 6.33 Å². The Hall–Kier alpha value is -3.17. The number of nitrogens with zero attached hydrogens (tertiary/aromatic N) is 3. The summed E-state index contributed by atoms with van der Waals surface area (Å²) in [6.07, 6.45) is 1.52. The summed E-state index contributed by atoms with van der Waals surface area (Å²) in [5.74, 6) is -1.36. The molecule has 8 nitrogen and oxygen atoms in total. The van der Waals surface area contributed by atoms with E-state index < -0.39 is 18.5 Å². The van der Waals surface area contributed by atoms with Gasteiger partial charge < -0.3 is 10.1 Å². The lowest BCUT2D eigenvalue weighted by atomic mass is 10.1. The summed E-state index contributed by atoms with van der Waals surface area (Å²) in [5, 5.41) is 11.6. The number of aryl methyl sites for hydroxylation is 1. The molecule has 3 aromatic rings. The monoisotopic (exact) mass is 458 g/mol. The molecule has 0 saturated carbocycles. The summed E-state index contributed by atoms with van der Waals surface area (Å²) >= 11 is 7.30. The van der Waals surface area contributed by atoms with Gasteiger partial charge in [-0.1, -0.05) is 41.6 Å². The Morgan fingerprint density at radius 1 is 1.19 bits per heavy atom. The van der Waals surface area contributed by atoms with Crippen LogP contribution < -0.4 is 5.32 Å². The Labute approximate surface area is 188 Å². The van der Waals surface area contributed by atoms with Gasteiger partial charge in [-0.15, -0.1) is 10.2 Å². The van der Waals surface area contributed by atoms with Crippen molar-refractivity contribution in [1.29, 1.82) is 0 Å². The first kappa shape index (κ1) is 22.5. The highest BCUT2D eigenvalue weighted by molar-refractivity contribution is 7.99. The SMILES string of the molecule is CC(=O)c1ccccc1NC(=O)COC(=O)CSc1nncn1-c1ccc(C)c(Cl)c1. The van der Waals surface area contributed by atoms with Crippen LogP contribution in [0.4, 0.5) is 5.69 Å². The molecule has 31 heavy (non-hydrogen) atoms. The van der Waals surface area contributed by atoms with Gasteiger partial charge in [-0.2, -0.15) is 0 Å². The van der Waals surface area contributed by atoms with Crippen LogP contribution in [0.1, 0.15) is 22.8 Å². The van der Waals surface area contributed by atoms with Crippen LogP contribution in [0.5, 0.6) is 0 Å². The van der Waals surface area contributed by atoms with E-state index in [2.05, 4.69) is 15.5 Å². The largest absolute Gasteiger partial charge is 0.455 e. The Morgan fingerprint density at radius 3 is 2.71 bits per heavy atom. The lowest BCUT2D eigenvalue weighted by Crippen LogP contribution is -2.22. The molecule has 1 heterocycles. The molecule has 2 aromatic carbocycles.